The largest absolute Gasteiger partial charge is 0.490 e. The Kier molecular flexibility index (Phi) is 5.01. The van der Waals surface area contributed by atoms with Crippen LogP contribution in [-0.2, 0) is 9.47 Å². The molecule has 1 saturated heterocycles. The van der Waals surface area contributed by atoms with Crippen molar-refractivity contribution in [3.8, 4) is 5.75 Å². The Bertz CT molecular complexity index is 758. The average molecular weight is 369 g/mol. The van der Waals surface area contributed by atoms with Gasteiger partial charge in [0.25, 0.3) is 0 Å². The van der Waals surface area contributed by atoms with Crippen LogP contribution in [0.15, 0.2) is 12.3 Å². The van der Waals surface area contributed by atoms with Crippen molar-refractivity contribution in [2.75, 3.05) is 26.3 Å². The molecule has 0 aliphatic carbocycles. The molecule has 1 aliphatic heterocycles. The summed E-state index contributed by atoms with van der Waals surface area (Å²) in [5.74, 6) is 0.571. The number of morpholine rings is 1. The number of carbonyl (C=O) groups is 1. The van der Waals surface area contributed by atoms with Gasteiger partial charge in [-0.15, -0.1) is 0 Å². The van der Waals surface area contributed by atoms with Gasteiger partial charge < -0.3 is 19.1 Å². The van der Waals surface area contributed by atoms with Gasteiger partial charge in [-0.3, -0.25) is 5.10 Å². The van der Waals surface area contributed by atoms with E-state index in [2.05, 4.69) is 15.2 Å². The summed E-state index contributed by atoms with van der Waals surface area (Å²) in [5, 5.41) is 7.75. The third-order valence-corrected chi connectivity index (χ3v) is 3.76. The van der Waals surface area contributed by atoms with E-state index in [4.69, 9.17) is 25.8 Å². The van der Waals surface area contributed by atoms with Gasteiger partial charge in [-0.25, -0.2) is 9.78 Å². The lowest BCUT2D eigenvalue weighted by molar-refractivity contribution is -0.0555. The number of aromatic amines is 1. The molecule has 2 aromatic rings. The first-order valence-electron chi connectivity index (χ1n) is 8.04. The van der Waals surface area contributed by atoms with Crippen LogP contribution in [0.4, 0.5) is 4.79 Å². The molecule has 25 heavy (non-hydrogen) atoms. The van der Waals surface area contributed by atoms with Crippen LogP contribution in [0.25, 0.3) is 11.0 Å². The minimum atomic E-state index is -0.526. The highest BCUT2D eigenvalue weighted by atomic mass is 35.5. The summed E-state index contributed by atoms with van der Waals surface area (Å²) in [4.78, 5) is 17.9. The number of hydrogen-bond donors (Lipinski definition) is 1. The summed E-state index contributed by atoms with van der Waals surface area (Å²) in [5.41, 5.74) is 0.0321. The molecule has 8 nitrogen and oxygen atoms in total. The standard InChI is InChI=1S/C16H21ClN4O4/c1-16(2,3)25-15(22)21-4-5-23-10(8-21)9-24-12-6-13(17)19-14-11(12)7-18-20-14/h6-7,10H,4-5,8-9H2,1-3H3,(H,18,19,20). The van der Waals surface area contributed by atoms with E-state index in [1.165, 1.54) is 0 Å². The van der Waals surface area contributed by atoms with Crippen molar-refractivity contribution in [1.82, 2.24) is 20.1 Å². The summed E-state index contributed by atoms with van der Waals surface area (Å²) in [6.07, 6.45) is 1.03. The smallest absolute Gasteiger partial charge is 0.410 e. The van der Waals surface area contributed by atoms with Crippen LogP contribution in [0.5, 0.6) is 5.75 Å². The first-order chi connectivity index (χ1) is 11.8. The molecule has 0 radical (unpaired) electrons. The molecule has 1 aliphatic rings. The van der Waals surface area contributed by atoms with Crippen molar-refractivity contribution in [3.05, 3.63) is 17.4 Å². The Balaban J connectivity index is 1.61. The SMILES string of the molecule is CC(C)(C)OC(=O)N1CCOC(COc2cc(Cl)nc3[nH]ncc23)C1. The lowest BCUT2D eigenvalue weighted by Gasteiger charge is -2.34. The molecular weight excluding hydrogens is 348 g/mol. The van der Waals surface area contributed by atoms with Crippen molar-refractivity contribution in [2.45, 2.75) is 32.5 Å². The van der Waals surface area contributed by atoms with Crippen LogP contribution in [-0.4, -0.2) is 64.2 Å². The van der Waals surface area contributed by atoms with E-state index in [0.29, 0.717) is 36.2 Å². The van der Waals surface area contributed by atoms with Crippen LogP contribution in [0.2, 0.25) is 5.15 Å². The summed E-state index contributed by atoms with van der Waals surface area (Å²) in [6.45, 7) is 7.14. The fraction of sp³-hybridized carbons (Fsp3) is 0.562. The topological polar surface area (TPSA) is 89.6 Å². The molecule has 2 aromatic heterocycles. The fourth-order valence-corrected chi connectivity index (χ4v) is 2.67. The minimum Gasteiger partial charge on any atom is -0.490 e. The quantitative estimate of drug-likeness (QED) is 0.837. The Morgan fingerprint density at radius 2 is 2.32 bits per heavy atom. The van der Waals surface area contributed by atoms with Gasteiger partial charge >= 0.3 is 6.09 Å². The number of nitrogens with zero attached hydrogens (tertiary/aromatic N) is 3. The van der Waals surface area contributed by atoms with E-state index in [9.17, 15) is 4.79 Å². The van der Waals surface area contributed by atoms with Gasteiger partial charge in [-0.2, -0.15) is 5.10 Å². The molecule has 1 unspecified atom stereocenters. The van der Waals surface area contributed by atoms with E-state index in [-0.39, 0.29) is 18.8 Å². The van der Waals surface area contributed by atoms with Crippen molar-refractivity contribution < 1.29 is 19.0 Å². The second-order valence-corrected chi connectivity index (χ2v) is 7.19. The average Bonchev–Trinajstić information content (AvgIpc) is 2.99. The van der Waals surface area contributed by atoms with Crippen molar-refractivity contribution in [1.29, 1.82) is 0 Å². The number of halogens is 1. The maximum Gasteiger partial charge on any atom is 0.410 e. The second-order valence-electron chi connectivity index (χ2n) is 6.81. The van der Waals surface area contributed by atoms with Gasteiger partial charge in [0.05, 0.1) is 24.7 Å². The first kappa shape index (κ1) is 17.8. The number of aromatic nitrogens is 3. The molecule has 0 bridgehead atoms. The van der Waals surface area contributed by atoms with Gasteiger partial charge in [0.15, 0.2) is 5.65 Å². The monoisotopic (exact) mass is 368 g/mol. The van der Waals surface area contributed by atoms with Gasteiger partial charge in [0.1, 0.15) is 29.2 Å². The molecule has 3 rings (SSSR count). The molecule has 9 heteroatoms. The molecule has 0 spiro atoms. The Hall–Kier alpha value is -2.06. The molecule has 0 aromatic carbocycles. The van der Waals surface area contributed by atoms with E-state index in [1.807, 2.05) is 20.8 Å². The summed E-state index contributed by atoms with van der Waals surface area (Å²) in [6, 6.07) is 1.63. The number of H-pyrrole nitrogens is 1. The van der Waals surface area contributed by atoms with Gasteiger partial charge in [0, 0.05) is 12.6 Å². The van der Waals surface area contributed by atoms with Gasteiger partial charge in [0.2, 0.25) is 0 Å². The number of nitrogens with one attached hydrogen (secondary N) is 1. The van der Waals surface area contributed by atoms with Crippen LogP contribution < -0.4 is 4.74 Å². The minimum absolute atomic E-state index is 0.254. The Morgan fingerprint density at radius 1 is 1.52 bits per heavy atom. The zero-order valence-corrected chi connectivity index (χ0v) is 15.2. The number of hydrogen-bond acceptors (Lipinski definition) is 6. The van der Waals surface area contributed by atoms with Gasteiger partial charge in [-0.05, 0) is 20.8 Å². The van der Waals surface area contributed by atoms with Crippen molar-refractivity contribution in [3.63, 3.8) is 0 Å². The van der Waals surface area contributed by atoms with E-state index < -0.39 is 5.60 Å². The van der Waals surface area contributed by atoms with Crippen LogP contribution in [0, 0.1) is 0 Å². The molecule has 3 heterocycles. The number of fused-ring (bicyclic) bond motifs is 1. The summed E-state index contributed by atoms with van der Waals surface area (Å²) >= 11 is 5.99. The zero-order chi connectivity index (χ0) is 18.0. The zero-order valence-electron chi connectivity index (χ0n) is 14.4. The van der Waals surface area contributed by atoms with E-state index in [1.54, 1.807) is 17.2 Å². The van der Waals surface area contributed by atoms with Crippen molar-refractivity contribution in [2.24, 2.45) is 0 Å². The maximum absolute atomic E-state index is 12.2. The number of amides is 1. The highest BCUT2D eigenvalue weighted by Gasteiger charge is 2.28. The molecule has 1 atom stereocenters. The first-order valence-corrected chi connectivity index (χ1v) is 8.41. The predicted octanol–water partition coefficient (Wildman–Crippen LogP) is 2.63. The number of ether oxygens (including phenoxy) is 3. The lowest BCUT2D eigenvalue weighted by Crippen LogP contribution is -2.49. The Morgan fingerprint density at radius 3 is 3.08 bits per heavy atom. The molecule has 1 amide bonds. The maximum atomic E-state index is 12.2. The van der Waals surface area contributed by atoms with E-state index in [0.717, 1.165) is 5.39 Å². The molecule has 136 valence electrons. The number of carbonyl (C=O) groups excluding carboxylic acids is 1. The molecule has 0 saturated carbocycles. The number of pyridine rings is 1. The fourth-order valence-electron chi connectivity index (χ4n) is 2.48. The lowest BCUT2D eigenvalue weighted by atomic mass is 10.2. The summed E-state index contributed by atoms with van der Waals surface area (Å²) in [7, 11) is 0. The Labute approximate surface area is 150 Å². The molecular formula is C16H21ClN4O4. The van der Waals surface area contributed by atoms with E-state index >= 15 is 0 Å². The third kappa shape index (κ3) is 4.52. The second kappa shape index (κ2) is 7.05. The van der Waals surface area contributed by atoms with Crippen LogP contribution >= 0.6 is 11.6 Å². The predicted molar refractivity (Wildman–Crippen MR) is 91.9 cm³/mol. The van der Waals surface area contributed by atoms with Crippen molar-refractivity contribution >= 4 is 28.7 Å². The highest BCUT2D eigenvalue weighted by Crippen LogP contribution is 2.26. The highest BCUT2D eigenvalue weighted by molar-refractivity contribution is 6.30. The van der Waals surface area contributed by atoms with Crippen LogP contribution in [0.3, 0.4) is 0 Å². The van der Waals surface area contributed by atoms with Crippen LogP contribution in [0.1, 0.15) is 20.8 Å². The number of rotatable bonds is 3. The normalized spacial score (nSPS) is 18.4. The van der Waals surface area contributed by atoms with Gasteiger partial charge in [-0.1, -0.05) is 11.6 Å². The molecule has 1 fully saturated rings. The third-order valence-electron chi connectivity index (χ3n) is 3.57. The summed E-state index contributed by atoms with van der Waals surface area (Å²) < 4.78 is 16.9. The molecule has 1 N–H and O–H groups in total.